The van der Waals surface area contributed by atoms with E-state index < -0.39 is 0 Å². The van der Waals surface area contributed by atoms with E-state index in [1.807, 2.05) is 31.2 Å². The van der Waals surface area contributed by atoms with E-state index >= 15 is 0 Å². The second kappa shape index (κ2) is 9.22. The van der Waals surface area contributed by atoms with Crippen molar-refractivity contribution in [2.24, 2.45) is 0 Å². The van der Waals surface area contributed by atoms with E-state index in [0.717, 1.165) is 16.8 Å². The summed E-state index contributed by atoms with van der Waals surface area (Å²) in [6.45, 7) is 8.31. The number of carbonyl (C=O) groups excluding carboxylic acids is 1. The van der Waals surface area contributed by atoms with Crippen LogP contribution in [0.2, 0.25) is 0 Å². The largest absolute Gasteiger partial charge is 0.443 e. The molecule has 1 aromatic carbocycles. The fraction of sp³-hybridized carbons (Fsp3) is 0.375. The molecule has 3 aromatic rings. The zero-order valence-electron chi connectivity index (χ0n) is 18.0. The first-order valence-electron chi connectivity index (χ1n) is 10.1. The predicted molar refractivity (Wildman–Crippen MR) is 116 cm³/mol. The number of rotatable bonds is 7. The number of amides is 1. The van der Waals surface area contributed by atoms with Crippen molar-refractivity contribution >= 4 is 5.91 Å². The normalized spacial score (nSPS) is 12.6. The maximum absolute atomic E-state index is 12.6. The maximum atomic E-state index is 12.6. The van der Waals surface area contributed by atoms with Crippen molar-refractivity contribution in [3.63, 3.8) is 0 Å². The molecule has 0 aliphatic rings. The first-order valence-corrected chi connectivity index (χ1v) is 10.1. The molecule has 30 heavy (non-hydrogen) atoms. The molecule has 0 fully saturated rings. The number of aliphatic hydroxyl groups excluding tert-OH is 1. The van der Waals surface area contributed by atoms with Gasteiger partial charge in [-0.1, -0.05) is 45.0 Å². The van der Waals surface area contributed by atoms with Gasteiger partial charge in [0.2, 0.25) is 5.91 Å². The Morgan fingerprint density at radius 1 is 1.13 bits per heavy atom. The molecule has 1 amide bonds. The monoisotopic (exact) mass is 407 g/mol. The molecule has 6 nitrogen and oxygen atoms in total. The fourth-order valence-corrected chi connectivity index (χ4v) is 3.30. The molecule has 0 radical (unpaired) electrons. The Morgan fingerprint density at radius 2 is 1.87 bits per heavy atom. The minimum atomic E-state index is -0.360. The average molecular weight is 408 g/mol. The number of aliphatic hydroxyl groups is 1. The summed E-state index contributed by atoms with van der Waals surface area (Å²) in [7, 11) is 0. The summed E-state index contributed by atoms with van der Waals surface area (Å²) in [5.41, 5.74) is 4.57. The van der Waals surface area contributed by atoms with Gasteiger partial charge in [0.1, 0.15) is 0 Å². The second-order valence-electron chi connectivity index (χ2n) is 8.49. The van der Waals surface area contributed by atoms with E-state index in [4.69, 9.17) is 4.42 Å². The highest BCUT2D eigenvalue weighted by Crippen LogP contribution is 2.24. The van der Waals surface area contributed by atoms with Crippen LogP contribution in [-0.4, -0.2) is 27.6 Å². The number of hydrogen-bond donors (Lipinski definition) is 2. The van der Waals surface area contributed by atoms with Gasteiger partial charge < -0.3 is 14.8 Å². The van der Waals surface area contributed by atoms with Gasteiger partial charge in [0, 0.05) is 18.4 Å². The molecule has 2 heterocycles. The van der Waals surface area contributed by atoms with Crippen molar-refractivity contribution in [3.8, 4) is 11.3 Å². The molecule has 1 atom stereocenters. The highest BCUT2D eigenvalue weighted by atomic mass is 16.3. The number of nitrogens with zero attached hydrogens (tertiary/aromatic N) is 2. The van der Waals surface area contributed by atoms with Crippen LogP contribution in [0.1, 0.15) is 55.7 Å². The predicted octanol–water partition coefficient (Wildman–Crippen LogP) is 4.12. The molecule has 0 saturated heterocycles. The topological polar surface area (TPSA) is 88.3 Å². The van der Waals surface area contributed by atoms with Crippen LogP contribution >= 0.6 is 0 Å². The lowest BCUT2D eigenvalue weighted by molar-refractivity contribution is -0.121. The number of benzene rings is 1. The summed E-state index contributed by atoms with van der Waals surface area (Å²) in [6, 6.07) is 11.5. The number of carbonyl (C=O) groups is 1. The van der Waals surface area contributed by atoms with Gasteiger partial charge in [-0.15, -0.1) is 0 Å². The molecular weight excluding hydrogens is 378 g/mol. The van der Waals surface area contributed by atoms with E-state index in [1.165, 1.54) is 12.0 Å². The number of pyridine rings is 1. The van der Waals surface area contributed by atoms with Gasteiger partial charge in [-0.05, 0) is 42.0 Å². The molecule has 3 rings (SSSR count). The Labute approximate surface area is 177 Å². The Balaban J connectivity index is 1.67. The van der Waals surface area contributed by atoms with Gasteiger partial charge in [-0.25, -0.2) is 4.98 Å². The van der Waals surface area contributed by atoms with Crippen LogP contribution in [0.5, 0.6) is 0 Å². The molecule has 0 aliphatic heterocycles. The van der Waals surface area contributed by atoms with Crippen LogP contribution in [0.25, 0.3) is 11.3 Å². The third kappa shape index (κ3) is 5.33. The first-order chi connectivity index (χ1) is 14.3. The van der Waals surface area contributed by atoms with Gasteiger partial charge in [-0.3, -0.25) is 9.78 Å². The second-order valence-corrected chi connectivity index (χ2v) is 8.49. The van der Waals surface area contributed by atoms with Crippen LogP contribution in [0.3, 0.4) is 0 Å². The smallest absolute Gasteiger partial charge is 0.224 e. The van der Waals surface area contributed by atoms with E-state index in [-0.39, 0.29) is 30.4 Å². The molecule has 1 unspecified atom stereocenters. The van der Waals surface area contributed by atoms with Crippen molar-refractivity contribution in [3.05, 3.63) is 71.5 Å². The molecule has 158 valence electrons. The number of oxazole rings is 1. The number of hydrogen-bond acceptors (Lipinski definition) is 5. The van der Waals surface area contributed by atoms with Crippen molar-refractivity contribution in [2.75, 3.05) is 6.61 Å². The van der Waals surface area contributed by atoms with E-state index in [2.05, 4.69) is 48.2 Å². The number of nitrogens with one attached hydrogen (secondary N) is 1. The zero-order valence-corrected chi connectivity index (χ0v) is 18.0. The lowest BCUT2D eigenvalue weighted by Gasteiger charge is -2.20. The molecule has 2 N–H and O–H groups in total. The fourth-order valence-electron chi connectivity index (χ4n) is 3.30. The third-order valence-corrected chi connectivity index (χ3v) is 5.09. The Bertz CT molecular complexity index is 970. The quantitative estimate of drug-likeness (QED) is 0.615. The van der Waals surface area contributed by atoms with Crippen molar-refractivity contribution < 1.29 is 14.3 Å². The van der Waals surface area contributed by atoms with Crippen molar-refractivity contribution in [1.82, 2.24) is 15.3 Å². The van der Waals surface area contributed by atoms with E-state index in [9.17, 15) is 9.90 Å². The Kier molecular flexibility index (Phi) is 6.67. The van der Waals surface area contributed by atoms with Crippen LogP contribution in [-0.2, 0) is 16.6 Å². The summed E-state index contributed by atoms with van der Waals surface area (Å²) >= 11 is 0. The minimum Gasteiger partial charge on any atom is -0.443 e. The van der Waals surface area contributed by atoms with Gasteiger partial charge in [-0.2, -0.15) is 0 Å². The minimum absolute atomic E-state index is 0.0458. The van der Waals surface area contributed by atoms with Gasteiger partial charge >= 0.3 is 0 Å². The summed E-state index contributed by atoms with van der Waals surface area (Å²) in [5.74, 6) is 0.574. The SMILES string of the molecule is Cc1ncoc1-c1ccc(C(CCO)NC(=O)Cc2ccc(C(C)(C)C)cc2)nc1. The summed E-state index contributed by atoms with van der Waals surface area (Å²) in [6.07, 6.45) is 3.77. The van der Waals surface area contributed by atoms with Gasteiger partial charge in [0.05, 0.1) is 23.9 Å². The van der Waals surface area contributed by atoms with Gasteiger partial charge in [0.15, 0.2) is 12.2 Å². The summed E-state index contributed by atoms with van der Waals surface area (Å²) < 4.78 is 5.40. The standard InChI is InChI=1S/C24H29N3O3/c1-16-23(30-15-26-16)18-7-10-20(25-14-18)21(11-12-28)27-22(29)13-17-5-8-19(9-6-17)24(2,3)4/h5-10,14-15,21,28H,11-13H2,1-4H3,(H,27,29). The Hall–Kier alpha value is -2.99. The zero-order chi connectivity index (χ0) is 21.7. The molecular formula is C24H29N3O3. The molecule has 0 aliphatic carbocycles. The first kappa shape index (κ1) is 21.7. The Morgan fingerprint density at radius 3 is 2.40 bits per heavy atom. The van der Waals surface area contributed by atoms with Gasteiger partial charge in [0.25, 0.3) is 0 Å². The van der Waals surface area contributed by atoms with Crippen molar-refractivity contribution in [1.29, 1.82) is 0 Å². The molecule has 6 heteroatoms. The van der Waals surface area contributed by atoms with Crippen LogP contribution in [0, 0.1) is 6.92 Å². The number of aromatic nitrogens is 2. The number of aryl methyl sites for hydroxylation is 1. The van der Waals surface area contributed by atoms with Crippen LogP contribution in [0.4, 0.5) is 0 Å². The van der Waals surface area contributed by atoms with Crippen molar-refractivity contribution in [2.45, 2.75) is 52.0 Å². The lowest BCUT2D eigenvalue weighted by atomic mass is 9.86. The van der Waals surface area contributed by atoms with Crippen LogP contribution in [0.15, 0.2) is 53.4 Å². The molecule has 0 saturated carbocycles. The molecule has 2 aromatic heterocycles. The lowest BCUT2D eigenvalue weighted by Crippen LogP contribution is -2.31. The molecule has 0 bridgehead atoms. The maximum Gasteiger partial charge on any atom is 0.224 e. The average Bonchev–Trinajstić information content (AvgIpc) is 3.13. The molecule has 0 spiro atoms. The highest BCUT2D eigenvalue weighted by molar-refractivity contribution is 5.79. The van der Waals surface area contributed by atoms with E-state index in [0.29, 0.717) is 17.9 Å². The third-order valence-electron chi connectivity index (χ3n) is 5.09. The summed E-state index contributed by atoms with van der Waals surface area (Å²) in [4.78, 5) is 21.2. The summed E-state index contributed by atoms with van der Waals surface area (Å²) in [5, 5.41) is 12.4. The van der Waals surface area contributed by atoms with Crippen LogP contribution < -0.4 is 5.32 Å². The highest BCUT2D eigenvalue weighted by Gasteiger charge is 2.18. The van der Waals surface area contributed by atoms with E-state index in [1.54, 1.807) is 6.20 Å².